The molecule has 71 heavy (non-hydrogen) atoms. The summed E-state index contributed by atoms with van der Waals surface area (Å²) in [6.07, 6.45) is 2.50. The Balaban J connectivity index is 1.50. The molecule has 5 fully saturated rings. The molecule has 0 amide bonds. The van der Waals surface area contributed by atoms with Gasteiger partial charge in [-0.15, -0.1) is 0 Å². The van der Waals surface area contributed by atoms with E-state index in [-0.39, 0.29) is 49.7 Å². The summed E-state index contributed by atoms with van der Waals surface area (Å²) >= 11 is 0. The highest BCUT2D eigenvalue weighted by Crippen LogP contribution is 2.43. The van der Waals surface area contributed by atoms with Crippen LogP contribution in [0.1, 0.15) is 127 Å². The first-order valence-electron chi connectivity index (χ1n) is 26.3. The number of nitrogens with two attached hydrogens (primary N) is 1. The van der Waals surface area contributed by atoms with Gasteiger partial charge in [0.15, 0.2) is 18.4 Å². The fourth-order valence-electron chi connectivity index (χ4n) is 11.9. The second-order valence-corrected chi connectivity index (χ2v) is 22.1. The van der Waals surface area contributed by atoms with Crippen LogP contribution in [0.2, 0.25) is 0 Å². The topological polar surface area (TPSA) is 207 Å². The van der Waals surface area contributed by atoms with Gasteiger partial charge >= 0.3 is 5.97 Å². The van der Waals surface area contributed by atoms with Crippen LogP contribution < -0.4 is 5.73 Å². The number of oxime groups is 1. The van der Waals surface area contributed by atoms with Crippen LogP contribution in [0.15, 0.2) is 41.9 Å². The zero-order chi connectivity index (χ0) is 52.0. The fourth-order valence-corrected chi connectivity index (χ4v) is 11.9. The minimum absolute atomic E-state index is 0.0494. The van der Waals surface area contributed by atoms with Crippen LogP contribution in [0.5, 0.6) is 0 Å². The molecular formula is C53H89N7O11. The van der Waals surface area contributed by atoms with E-state index >= 15 is 0 Å². The smallest absolute Gasteiger partial charge is 0.311 e. The highest BCUT2D eigenvalue weighted by atomic mass is 16.7. The molecule has 402 valence electrons. The molecule has 2 bridgehead atoms. The van der Waals surface area contributed by atoms with Crippen LogP contribution in [0.4, 0.5) is 0 Å². The Hall–Kier alpha value is -3.14. The number of nitrogens with zero attached hydrogens (tertiary/aromatic N) is 6. The number of ether oxygens (including phenoxy) is 7. The molecule has 0 radical (unpaired) electrons. The molecular weight excluding hydrogens is 911 g/mol. The van der Waals surface area contributed by atoms with Gasteiger partial charge in [-0.1, -0.05) is 38.9 Å². The Morgan fingerprint density at radius 3 is 2.42 bits per heavy atom. The fraction of sp³-hybridized carbons (Fsp3) is 0.811. The van der Waals surface area contributed by atoms with Crippen molar-refractivity contribution < 1.29 is 53.0 Å². The molecule has 4 N–H and O–H groups in total. The van der Waals surface area contributed by atoms with Gasteiger partial charge in [0, 0.05) is 62.2 Å². The SMILES string of the molecule is CCCN1C[C@H](C)[C@H]2CC/C(=N\OCc3ccc(-n4cccn4)nc3)CO[C@](C)(C[C@H]1C)[C@H](O[C@@H]1O[C@H](C)C[C@H](N(C)C)[C@H]1O)[C@@H](C)[C@H](O[C@H]1C[C@@](C)(OC)[C@H](N)[C@H](C)O1)[C@@H](C)C(=O)O[C@H](CC)[C@@]2(C)O. The number of rotatable bonds is 13. The van der Waals surface area contributed by atoms with Gasteiger partial charge in [0.05, 0.1) is 59.9 Å². The number of hydrogen-bond acceptors (Lipinski definition) is 17. The third-order valence-electron chi connectivity index (χ3n) is 16.3. The maximum Gasteiger partial charge on any atom is 0.311 e. The van der Waals surface area contributed by atoms with E-state index in [2.05, 4.69) is 42.7 Å². The molecule has 0 unspecified atom stereocenters. The molecule has 5 aliphatic heterocycles. The van der Waals surface area contributed by atoms with Crippen LogP contribution in [-0.2, 0) is 49.4 Å². The quantitative estimate of drug-likeness (QED) is 0.158. The van der Waals surface area contributed by atoms with Gasteiger partial charge in [-0.05, 0) is 132 Å². The molecule has 0 aromatic carbocycles. The van der Waals surface area contributed by atoms with Gasteiger partial charge in [-0.2, -0.15) is 5.10 Å². The number of aliphatic hydroxyl groups is 2. The number of fused-ring (bicyclic) bond motifs is 15. The summed E-state index contributed by atoms with van der Waals surface area (Å²) in [5.74, 6) is -1.80. The van der Waals surface area contributed by atoms with Crippen LogP contribution >= 0.6 is 0 Å². The lowest BCUT2D eigenvalue weighted by Gasteiger charge is -2.50. The van der Waals surface area contributed by atoms with Gasteiger partial charge in [-0.25, -0.2) is 9.67 Å². The summed E-state index contributed by atoms with van der Waals surface area (Å²) in [6, 6.07) is 4.87. The first-order valence-corrected chi connectivity index (χ1v) is 26.3. The molecule has 2 aromatic heterocycles. The summed E-state index contributed by atoms with van der Waals surface area (Å²) < 4.78 is 49.1. The summed E-state index contributed by atoms with van der Waals surface area (Å²) in [7, 11) is 5.52. The Morgan fingerprint density at radius 1 is 1.04 bits per heavy atom. The van der Waals surface area contributed by atoms with E-state index < -0.39 is 83.7 Å². The molecule has 0 saturated carbocycles. The van der Waals surface area contributed by atoms with Crippen LogP contribution in [0, 0.1) is 23.7 Å². The normalized spacial score (nSPS) is 41.1. The van der Waals surface area contributed by atoms with E-state index in [0.29, 0.717) is 50.2 Å². The van der Waals surface area contributed by atoms with Crippen molar-refractivity contribution in [2.24, 2.45) is 34.6 Å². The standard InChI is InChI=1S/C53H89N7O11/c1-15-23-59-29-32(3)40-20-19-39(57-66-30-38-18-21-43(55-28-38)60-24-17-22-56-60)31-65-52(10,26-33(59)4)48(71-50-45(61)41(58(12)13)25-34(5)67-50)35(6)46(36(7)49(62)69-42(16-2)53(40,11)63)70-44-27-51(9,64-14)47(54)37(8)68-44/h17-18,21-22,24,28,32-37,40-42,44-48,50,61,63H,15-16,19-20,23,25-27,29-31,54H2,1-14H3/b57-39+/t32-,33+,34+,35-,36+,37-,40+,41-,42+,44-,45+,46-,47+,48+,50-,51+,52+,53-/m0/s1. The van der Waals surface area contributed by atoms with Gasteiger partial charge in [0.1, 0.15) is 24.4 Å². The van der Waals surface area contributed by atoms with Crippen molar-refractivity contribution in [2.45, 2.75) is 212 Å². The van der Waals surface area contributed by atoms with E-state index in [9.17, 15) is 15.0 Å². The molecule has 7 heterocycles. The van der Waals surface area contributed by atoms with E-state index in [1.54, 1.807) is 31.1 Å². The van der Waals surface area contributed by atoms with Crippen molar-refractivity contribution in [2.75, 3.05) is 40.9 Å². The van der Waals surface area contributed by atoms with E-state index in [1.165, 1.54) is 0 Å². The van der Waals surface area contributed by atoms with Crippen molar-refractivity contribution in [3.05, 3.63) is 42.4 Å². The molecule has 5 saturated heterocycles. The second-order valence-electron chi connectivity index (χ2n) is 22.1. The maximum absolute atomic E-state index is 15.0. The predicted molar refractivity (Wildman–Crippen MR) is 269 cm³/mol. The second kappa shape index (κ2) is 24.5. The number of carbonyl (C=O) groups excluding carboxylic acids is 1. The third-order valence-corrected chi connectivity index (χ3v) is 16.3. The Morgan fingerprint density at radius 2 is 1.79 bits per heavy atom. The van der Waals surface area contributed by atoms with Crippen LogP contribution in [-0.4, -0.2) is 171 Å². The van der Waals surface area contributed by atoms with Crippen molar-refractivity contribution in [3.63, 3.8) is 0 Å². The Bertz CT molecular complexity index is 1990. The number of carbonyl (C=O) groups is 1. The number of pyridine rings is 1. The molecule has 0 aliphatic carbocycles. The van der Waals surface area contributed by atoms with Gasteiger partial charge in [0.2, 0.25) is 0 Å². The molecule has 2 aromatic rings. The van der Waals surface area contributed by atoms with Crippen LogP contribution in [0.3, 0.4) is 0 Å². The van der Waals surface area contributed by atoms with Gasteiger partial charge in [-0.3, -0.25) is 4.79 Å². The number of esters is 1. The number of aromatic nitrogens is 3. The van der Waals surface area contributed by atoms with Crippen molar-refractivity contribution >= 4 is 11.7 Å². The summed E-state index contributed by atoms with van der Waals surface area (Å²) in [5, 5.41) is 34.2. The summed E-state index contributed by atoms with van der Waals surface area (Å²) in [5.41, 5.74) is 4.71. The lowest BCUT2D eigenvalue weighted by molar-refractivity contribution is -0.313. The number of hydrogen-bond donors (Lipinski definition) is 3. The highest BCUT2D eigenvalue weighted by molar-refractivity contribution is 5.85. The molecule has 18 heteroatoms. The zero-order valence-corrected chi connectivity index (χ0v) is 45.2. The van der Waals surface area contributed by atoms with Crippen molar-refractivity contribution in [3.8, 4) is 5.82 Å². The first-order chi connectivity index (χ1) is 33.5. The van der Waals surface area contributed by atoms with E-state index in [1.807, 2.05) is 84.9 Å². The molecule has 18 atom stereocenters. The van der Waals surface area contributed by atoms with E-state index in [4.69, 9.17) is 48.9 Å². The molecule has 18 nitrogen and oxygen atoms in total. The van der Waals surface area contributed by atoms with Crippen molar-refractivity contribution in [1.29, 1.82) is 0 Å². The summed E-state index contributed by atoms with van der Waals surface area (Å²) in [4.78, 5) is 30.2. The number of methoxy groups -OCH3 is 1. The van der Waals surface area contributed by atoms with Gasteiger partial charge < -0.3 is 63.7 Å². The third kappa shape index (κ3) is 13.4. The average Bonchev–Trinajstić information content (AvgIpc) is 3.87. The lowest BCUT2D eigenvalue weighted by Crippen LogP contribution is -2.62. The largest absolute Gasteiger partial charge is 0.459 e. The van der Waals surface area contributed by atoms with Crippen molar-refractivity contribution in [1.82, 2.24) is 24.6 Å². The lowest BCUT2D eigenvalue weighted by atomic mass is 9.72. The number of aliphatic hydroxyl groups excluding tert-OH is 1. The minimum atomic E-state index is -1.46. The van der Waals surface area contributed by atoms with Crippen LogP contribution in [0.25, 0.3) is 5.82 Å². The zero-order valence-electron chi connectivity index (χ0n) is 45.2. The molecule has 0 spiro atoms. The predicted octanol–water partition coefficient (Wildman–Crippen LogP) is 5.87. The summed E-state index contributed by atoms with van der Waals surface area (Å²) in [6.45, 7) is 23.7. The first kappa shape index (κ1) is 57.1. The average molecular weight is 1000 g/mol. The monoisotopic (exact) mass is 1000 g/mol. The minimum Gasteiger partial charge on any atom is -0.459 e. The molecule has 7 rings (SSSR count). The Labute approximate surface area is 423 Å². The van der Waals surface area contributed by atoms with Gasteiger partial charge in [0.25, 0.3) is 0 Å². The highest BCUT2D eigenvalue weighted by Gasteiger charge is 2.54. The molecule has 5 aliphatic rings. The Kier molecular flexibility index (Phi) is 19.7. The maximum atomic E-state index is 15.0. The van der Waals surface area contributed by atoms with E-state index in [0.717, 1.165) is 18.5 Å². The number of likely N-dealkylation sites (N-methyl/N-ethyl adjacent to an activating group) is 1.